The van der Waals surface area contributed by atoms with Crippen LogP contribution in [0.1, 0.15) is 26.7 Å². The molecule has 0 aromatic rings. The van der Waals surface area contributed by atoms with Gasteiger partial charge in [-0.2, -0.15) is 0 Å². The lowest BCUT2D eigenvalue weighted by molar-refractivity contribution is -0.248. The zero-order chi connectivity index (χ0) is 9.85. The fourth-order valence-electron chi connectivity index (χ4n) is 3.25. The Morgan fingerprint density at radius 2 is 2.00 bits per heavy atom. The van der Waals surface area contributed by atoms with Gasteiger partial charge in [0, 0.05) is 6.54 Å². The van der Waals surface area contributed by atoms with Crippen molar-refractivity contribution < 1.29 is 10.2 Å². The van der Waals surface area contributed by atoms with Crippen molar-refractivity contribution >= 4 is 0 Å². The molecule has 3 aliphatic carbocycles. The summed E-state index contributed by atoms with van der Waals surface area (Å²) >= 11 is 0. The summed E-state index contributed by atoms with van der Waals surface area (Å²) in [5, 5.41) is 19.9. The monoisotopic (exact) mass is 185 g/mol. The van der Waals surface area contributed by atoms with Gasteiger partial charge in [-0.05, 0) is 30.1 Å². The van der Waals surface area contributed by atoms with Gasteiger partial charge in [0.05, 0.1) is 6.10 Å². The number of hydrogen-bond acceptors (Lipinski definition) is 3. The van der Waals surface area contributed by atoms with Crippen LogP contribution in [0.5, 0.6) is 0 Å². The van der Waals surface area contributed by atoms with Gasteiger partial charge in [-0.1, -0.05) is 13.8 Å². The van der Waals surface area contributed by atoms with Crippen LogP contribution >= 0.6 is 0 Å². The average molecular weight is 185 g/mol. The van der Waals surface area contributed by atoms with Gasteiger partial charge in [0.1, 0.15) is 5.60 Å². The smallest absolute Gasteiger partial charge is 0.106 e. The lowest BCUT2D eigenvalue weighted by Gasteiger charge is -2.64. The van der Waals surface area contributed by atoms with Gasteiger partial charge < -0.3 is 15.9 Å². The van der Waals surface area contributed by atoms with Crippen LogP contribution in [-0.2, 0) is 0 Å². The van der Waals surface area contributed by atoms with Crippen molar-refractivity contribution in [1.82, 2.24) is 0 Å². The summed E-state index contributed by atoms with van der Waals surface area (Å²) in [4.78, 5) is 0. The summed E-state index contributed by atoms with van der Waals surface area (Å²) in [6, 6.07) is 0. The van der Waals surface area contributed by atoms with E-state index in [1.165, 1.54) is 0 Å². The van der Waals surface area contributed by atoms with E-state index in [4.69, 9.17) is 5.73 Å². The van der Waals surface area contributed by atoms with Crippen LogP contribution in [0.25, 0.3) is 0 Å². The molecule has 76 valence electrons. The lowest BCUT2D eigenvalue weighted by atomic mass is 9.43. The SMILES string of the molecule is CC1(C)[C@@H]2C[C@H]1[C@](O)(CN)[C@@H](O)C2. The van der Waals surface area contributed by atoms with Crippen molar-refractivity contribution in [3.8, 4) is 0 Å². The Morgan fingerprint density at radius 1 is 1.38 bits per heavy atom. The number of aliphatic hydroxyl groups excluding tert-OH is 1. The van der Waals surface area contributed by atoms with Gasteiger partial charge in [0.15, 0.2) is 0 Å². The van der Waals surface area contributed by atoms with Crippen LogP contribution < -0.4 is 5.73 Å². The number of fused-ring (bicyclic) bond motifs is 2. The predicted octanol–water partition coefficient (Wildman–Crippen LogP) is 0.103. The maximum atomic E-state index is 10.2. The second kappa shape index (κ2) is 2.47. The van der Waals surface area contributed by atoms with Gasteiger partial charge >= 0.3 is 0 Å². The first-order chi connectivity index (χ1) is 5.93. The Hall–Kier alpha value is -0.120. The summed E-state index contributed by atoms with van der Waals surface area (Å²) < 4.78 is 0. The second-order valence-corrected chi connectivity index (χ2v) is 5.25. The third-order valence-electron chi connectivity index (χ3n) is 4.49. The van der Waals surface area contributed by atoms with Gasteiger partial charge in [0.2, 0.25) is 0 Å². The summed E-state index contributed by atoms with van der Waals surface area (Å²) in [7, 11) is 0. The largest absolute Gasteiger partial charge is 0.390 e. The molecule has 3 rings (SSSR count). The van der Waals surface area contributed by atoms with Crippen LogP contribution in [0.15, 0.2) is 0 Å². The molecule has 4 atom stereocenters. The molecular formula is C10H19NO2. The molecule has 3 nitrogen and oxygen atoms in total. The molecule has 3 fully saturated rings. The van der Waals surface area contributed by atoms with Gasteiger partial charge in [0.25, 0.3) is 0 Å². The second-order valence-electron chi connectivity index (χ2n) is 5.25. The van der Waals surface area contributed by atoms with Crippen LogP contribution in [0.3, 0.4) is 0 Å². The lowest BCUT2D eigenvalue weighted by Crippen LogP contribution is -2.70. The molecule has 13 heavy (non-hydrogen) atoms. The first kappa shape index (κ1) is 9.44. The topological polar surface area (TPSA) is 66.5 Å². The highest BCUT2D eigenvalue weighted by Gasteiger charge is 2.63. The first-order valence-electron chi connectivity index (χ1n) is 5.03. The molecule has 4 N–H and O–H groups in total. The summed E-state index contributed by atoms with van der Waals surface area (Å²) in [5.41, 5.74) is 4.68. The number of aliphatic hydroxyl groups is 2. The molecule has 0 aromatic carbocycles. The molecule has 0 unspecified atom stereocenters. The highest BCUT2D eigenvalue weighted by molar-refractivity contribution is 5.14. The Labute approximate surface area is 78.9 Å². The van der Waals surface area contributed by atoms with Crippen LogP contribution in [-0.4, -0.2) is 28.5 Å². The van der Waals surface area contributed by atoms with E-state index in [0.29, 0.717) is 12.3 Å². The molecule has 3 heteroatoms. The van der Waals surface area contributed by atoms with E-state index >= 15 is 0 Å². The van der Waals surface area contributed by atoms with Crippen molar-refractivity contribution in [1.29, 1.82) is 0 Å². The van der Waals surface area contributed by atoms with Crippen molar-refractivity contribution in [2.75, 3.05) is 6.54 Å². The van der Waals surface area contributed by atoms with E-state index in [9.17, 15) is 10.2 Å². The Kier molecular flexibility index (Phi) is 1.79. The molecule has 0 aromatic heterocycles. The van der Waals surface area contributed by atoms with E-state index in [-0.39, 0.29) is 17.9 Å². The van der Waals surface area contributed by atoms with E-state index < -0.39 is 11.7 Å². The Balaban J connectivity index is 2.27. The van der Waals surface area contributed by atoms with Crippen LogP contribution in [0.2, 0.25) is 0 Å². The first-order valence-corrected chi connectivity index (χ1v) is 5.03. The summed E-state index contributed by atoms with van der Waals surface area (Å²) in [6.07, 6.45) is 1.11. The number of rotatable bonds is 1. The molecule has 3 saturated carbocycles. The Morgan fingerprint density at radius 3 is 2.38 bits per heavy atom. The van der Waals surface area contributed by atoms with E-state index in [0.717, 1.165) is 6.42 Å². The fraction of sp³-hybridized carbons (Fsp3) is 1.00. The molecule has 0 aliphatic heterocycles. The third-order valence-corrected chi connectivity index (χ3v) is 4.49. The third kappa shape index (κ3) is 0.953. The molecular weight excluding hydrogens is 166 g/mol. The quantitative estimate of drug-likeness (QED) is 0.543. The average Bonchev–Trinajstić information content (AvgIpc) is 2.08. The van der Waals surface area contributed by atoms with Crippen LogP contribution in [0, 0.1) is 17.3 Å². The molecule has 0 radical (unpaired) electrons. The zero-order valence-electron chi connectivity index (χ0n) is 8.33. The van der Waals surface area contributed by atoms with Crippen molar-refractivity contribution in [3.63, 3.8) is 0 Å². The normalized spacial score (nSPS) is 52.8. The minimum absolute atomic E-state index is 0.160. The minimum Gasteiger partial charge on any atom is -0.390 e. The molecule has 0 amide bonds. The number of hydrogen-bond donors (Lipinski definition) is 3. The highest BCUT2D eigenvalue weighted by atomic mass is 16.3. The maximum Gasteiger partial charge on any atom is 0.106 e. The summed E-state index contributed by atoms with van der Waals surface area (Å²) in [6.45, 7) is 4.51. The van der Waals surface area contributed by atoms with Gasteiger partial charge in [-0.15, -0.1) is 0 Å². The molecule has 3 aliphatic rings. The van der Waals surface area contributed by atoms with Gasteiger partial charge in [-0.3, -0.25) is 0 Å². The summed E-state index contributed by atoms with van der Waals surface area (Å²) in [5.74, 6) is 0.748. The molecule has 2 bridgehead atoms. The van der Waals surface area contributed by atoms with Crippen LogP contribution in [0.4, 0.5) is 0 Å². The molecule has 0 spiro atoms. The Bertz CT molecular complexity index is 229. The van der Waals surface area contributed by atoms with E-state index in [1.54, 1.807) is 0 Å². The molecule has 0 heterocycles. The van der Waals surface area contributed by atoms with Crippen molar-refractivity contribution in [2.45, 2.75) is 38.4 Å². The van der Waals surface area contributed by atoms with E-state index in [2.05, 4.69) is 13.8 Å². The standard InChI is InChI=1S/C10H19NO2/c1-9(2)6-3-7(9)10(13,5-11)8(12)4-6/h6-8,12-13H,3-5,11H2,1-2H3/t6-,7-,8+,10-/m1/s1. The molecule has 0 saturated heterocycles. The van der Waals surface area contributed by atoms with Gasteiger partial charge in [-0.25, -0.2) is 0 Å². The number of nitrogens with two attached hydrogens (primary N) is 1. The van der Waals surface area contributed by atoms with Crippen molar-refractivity contribution in [3.05, 3.63) is 0 Å². The fourth-order valence-corrected chi connectivity index (χ4v) is 3.25. The van der Waals surface area contributed by atoms with E-state index in [1.807, 2.05) is 0 Å². The zero-order valence-corrected chi connectivity index (χ0v) is 8.33. The maximum absolute atomic E-state index is 10.2. The minimum atomic E-state index is -1.03. The highest BCUT2D eigenvalue weighted by Crippen LogP contribution is 2.62. The predicted molar refractivity (Wildman–Crippen MR) is 50.0 cm³/mol. The van der Waals surface area contributed by atoms with Crippen molar-refractivity contribution in [2.24, 2.45) is 23.0 Å².